The Bertz CT molecular complexity index is 775. The van der Waals surface area contributed by atoms with Crippen LogP contribution in [0.1, 0.15) is 11.1 Å². The lowest BCUT2D eigenvalue weighted by Crippen LogP contribution is -2.08. The highest BCUT2D eigenvalue weighted by atomic mass is 79.9. The van der Waals surface area contributed by atoms with Crippen LogP contribution in [-0.2, 0) is 6.42 Å². The zero-order valence-corrected chi connectivity index (χ0v) is 12.5. The van der Waals surface area contributed by atoms with E-state index in [2.05, 4.69) is 15.9 Å². The van der Waals surface area contributed by atoms with E-state index in [9.17, 15) is 4.79 Å². The summed E-state index contributed by atoms with van der Waals surface area (Å²) in [5, 5.41) is 2.80. The molecule has 2 aromatic carbocycles. The van der Waals surface area contributed by atoms with Gasteiger partial charge < -0.3 is 0 Å². The van der Waals surface area contributed by atoms with Crippen LogP contribution in [-0.4, -0.2) is 0 Å². The van der Waals surface area contributed by atoms with E-state index in [-0.39, 0.29) is 5.43 Å². The Morgan fingerprint density at radius 3 is 2.53 bits per heavy atom. The maximum atomic E-state index is 12.4. The lowest BCUT2D eigenvalue weighted by molar-refractivity contribution is 1.19. The van der Waals surface area contributed by atoms with Gasteiger partial charge in [-0.3, -0.25) is 4.79 Å². The van der Waals surface area contributed by atoms with E-state index in [1.54, 1.807) is 11.3 Å². The van der Waals surface area contributed by atoms with Crippen molar-refractivity contribution in [1.29, 1.82) is 0 Å². The third kappa shape index (κ3) is 2.62. The van der Waals surface area contributed by atoms with E-state index in [0.29, 0.717) is 6.42 Å². The largest absolute Gasteiger partial charge is 0.289 e. The number of hydrogen-bond acceptors (Lipinski definition) is 2. The molecule has 94 valence electrons. The van der Waals surface area contributed by atoms with Crippen molar-refractivity contribution in [2.75, 3.05) is 0 Å². The van der Waals surface area contributed by atoms with E-state index in [1.807, 2.05) is 53.9 Å². The number of hydrogen-bond donors (Lipinski definition) is 0. The van der Waals surface area contributed by atoms with Crippen LogP contribution in [0.3, 0.4) is 0 Å². The van der Waals surface area contributed by atoms with Gasteiger partial charge >= 0.3 is 0 Å². The van der Waals surface area contributed by atoms with Crippen molar-refractivity contribution in [1.82, 2.24) is 0 Å². The van der Waals surface area contributed by atoms with Crippen LogP contribution >= 0.6 is 27.3 Å². The van der Waals surface area contributed by atoms with E-state index in [1.165, 1.54) is 0 Å². The third-order valence-electron chi connectivity index (χ3n) is 3.06. The Balaban J connectivity index is 2.04. The number of rotatable bonds is 2. The minimum Gasteiger partial charge on any atom is -0.289 e. The van der Waals surface area contributed by atoms with Crippen LogP contribution < -0.4 is 5.43 Å². The number of benzene rings is 2. The molecule has 0 aliphatic heterocycles. The predicted octanol–water partition coefficient (Wildman–Crippen LogP) is 4.61. The van der Waals surface area contributed by atoms with Crippen LogP contribution in [0.25, 0.3) is 10.1 Å². The van der Waals surface area contributed by atoms with Crippen molar-refractivity contribution in [3.05, 3.63) is 79.7 Å². The SMILES string of the molecule is O=c1c(Cc2ccc(Br)cc2)csc2ccccc12. The van der Waals surface area contributed by atoms with Crippen LogP contribution in [0.15, 0.2) is 63.2 Å². The van der Waals surface area contributed by atoms with Crippen molar-refractivity contribution in [3.63, 3.8) is 0 Å². The van der Waals surface area contributed by atoms with Crippen molar-refractivity contribution < 1.29 is 0 Å². The van der Waals surface area contributed by atoms with Gasteiger partial charge in [-0.25, -0.2) is 0 Å². The van der Waals surface area contributed by atoms with Crippen LogP contribution in [0.2, 0.25) is 0 Å². The zero-order chi connectivity index (χ0) is 13.2. The van der Waals surface area contributed by atoms with Gasteiger partial charge in [0.05, 0.1) is 0 Å². The molecule has 0 aliphatic rings. The highest BCUT2D eigenvalue weighted by molar-refractivity contribution is 9.10. The first kappa shape index (κ1) is 12.6. The van der Waals surface area contributed by atoms with Gasteiger partial charge in [0.1, 0.15) is 0 Å². The molecule has 3 heteroatoms. The van der Waals surface area contributed by atoms with E-state index in [4.69, 9.17) is 0 Å². The maximum Gasteiger partial charge on any atom is 0.191 e. The fourth-order valence-corrected chi connectivity index (χ4v) is 3.23. The molecule has 0 saturated heterocycles. The van der Waals surface area contributed by atoms with Gasteiger partial charge in [-0.2, -0.15) is 0 Å². The average Bonchev–Trinajstić information content (AvgIpc) is 2.45. The Hall–Kier alpha value is -1.45. The molecule has 3 rings (SSSR count). The van der Waals surface area contributed by atoms with Gasteiger partial charge in [-0.05, 0) is 35.2 Å². The topological polar surface area (TPSA) is 17.1 Å². The lowest BCUT2D eigenvalue weighted by atomic mass is 10.1. The summed E-state index contributed by atoms with van der Waals surface area (Å²) in [6.45, 7) is 0. The van der Waals surface area contributed by atoms with E-state index in [0.717, 1.165) is 25.7 Å². The molecule has 1 aromatic heterocycles. The van der Waals surface area contributed by atoms with Gasteiger partial charge in [0.15, 0.2) is 5.43 Å². The minimum absolute atomic E-state index is 0.150. The fourth-order valence-electron chi connectivity index (χ4n) is 2.06. The maximum absolute atomic E-state index is 12.4. The molecule has 0 unspecified atom stereocenters. The van der Waals surface area contributed by atoms with E-state index >= 15 is 0 Å². The Labute approximate surface area is 123 Å². The summed E-state index contributed by atoms with van der Waals surface area (Å²) in [5.74, 6) is 0. The highest BCUT2D eigenvalue weighted by Crippen LogP contribution is 2.18. The summed E-state index contributed by atoms with van der Waals surface area (Å²) < 4.78 is 2.10. The number of halogens is 1. The van der Waals surface area contributed by atoms with Crippen molar-refractivity contribution >= 4 is 37.4 Å². The Morgan fingerprint density at radius 2 is 1.74 bits per heavy atom. The van der Waals surface area contributed by atoms with Crippen molar-refractivity contribution in [2.24, 2.45) is 0 Å². The molecule has 19 heavy (non-hydrogen) atoms. The molecule has 0 bridgehead atoms. The highest BCUT2D eigenvalue weighted by Gasteiger charge is 2.05. The summed E-state index contributed by atoms with van der Waals surface area (Å²) in [4.78, 5) is 12.4. The molecule has 0 amide bonds. The second-order valence-corrected chi connectivity index (χ2v) is 6.22. The molecular weight excluding hydrogens is 320 g/mol. The van der Waals surface area contributed by atoms with Crippen LogP contribution in [0.5, 0.6) is 0 Å². The standard InChI is InChI=1S/C16H11BrOS/c17-13-7-5-11(6-8-13)9-12-10-19-15-4-2-1-3-14(15)16(12)18/h1-8,10H,9H2. The summed E-state index contributed by atoms with van der Waals surface area (Å²) in [5.41, 5.74) is 2.17. The smallest absolute Gasteiger partial charge is 0.191 e. The van der Waals surface area contributed by atoms with Gasteiger partial charge in [-0.15, -0.1) is 11.3 Å². The first-order valence-corrected chi connectivity index (χ1v) is 7.65. The molecule has 0 atom stereocenters. The Morgan fingerprint density at radius 1 is 1.00 bits per heavy atom. The molecule has 0 aliphatic carbocycles. The first-order chi connectivity index (χ1) is 9.24. The third-order valence-corrected chi connectivity index (χ3v) is 4.60. The van der Waals surface area contributed by atoms with Crippen molar-refractivity contribution in [3.8, 4) is 0 Å². The number of fused-ring (bicyclic) bond motifs is 1. The summed E-state index contributed by atoms with van der Waals surface area (Å²) in [6.07, 6.45) is 0.688. The zero-order valence-electron chi connectivity index (χ0n) is 10.1. The summed E-state index contributed by atoms with van der Waals surface area (Å²) >= 11 is 5.05. The van der Waals surface area contributed by atoms with E-state index < -0.39 is 0 Å². The van der Waals surface area contributed by atoms with Gasteiger partial charge in [0.2, 0.25) is 0 Å². The summed E-state index contributed by atoms with van der Waals surface area (Å²) in [7, 11) is 0. The van der Waals surface area contributed by atoms with Gasteiger partial charge in [0, 0.05) is 26.5 Å². The fraction of sp³-hybridized carbons (Fsp3) is 0.0625. The Kier molecular flexibility index (Phi) is 3.49. The molecule has 1 heterocycles. The first-order valence-electron chi connectivity index (χ1n) is 5.98. The quantitative estimate of drug-likeness (QED) is 0.670. The summed E-state index contributed by atoms with van der Waals surface area (Å²) in [6, 6.07) is 15.9. The van der Waals surface area contributed by atoms with Gasteiger partial charge in [0.25, 0.3) is 0 Å². The monoisotopic (exact) mass is 330 g/mol. The average molecular weight is 331 g/mol. The second kappa shape index (κ2) is 5.27. The van der Waals surface area contributed by atoms with Crippen LogP contribution in [0, 0.1) is 0 Å². The molecule has 0 spiro atoms. The minimum atomic E-state index is 0.150. The molecular formula is C16H11BrOS. The molecule has 1 nitrogen and oxygen atoms in total. The van der Waals surface area contributed by atoms with Crippen molar-refractivity contribution in [2.45, 2.75) is 6.42 Å². The lowest BCUT2D eigenvalue weighted by Gasteiger charge is -2.03. The molecule has 0 radical (unpaired) electrons. The molecule has 3 aromatic rings. The predicted molar refractivity (Wildman–Crippen MR) is 85.0 cm³/mol. The van der Waals surface area contributed by atoms with Gasteiger partial charge in [-0.1, -0.05) is 40.2 Å². The van der Waals surface area contributed by atoms with Crippen LogP contribution in [0.4, 0.5) is 0 Å². The second-order valence-electron chi connectivity index (χ2n) is 4.39. The molecule has 0 fully saturated rings. The molecule has 0 saturated carbocycles. The normalized spacial score (nSPS) is 10.8. The molecule has 0 N–H and O–H groups in total.